The lowest BCUT2D eigenvalue weighted by atomic mass is 10.2. The van der Waals surface area contributed by atoms with Crippen molar-refractivity contribution in [2.24, 2.45) is 7.05 Å². The predicted octanol–water partition coefficient (Wildman–Crippen LogP) is 3.02. The maximum absolute atomic E-state index is 11.9. The second-order valence-electron chi connectivity index (χ2n) is 2.93. The zero-order valence-corrected chi connectivity index (χ0v) is 10.0. The van der Waals surface area contributed by atoms with E-state index in [0.29, 0.717) is 20.1 Å². The van der Waals surface area contributed by atoms with Crippen molar-refractivity contribution >= 4 is 40.3 Å². The maximum atomic E-state index is 11.9. The number of hydrogen-bond donors (Lipinski definition) is 0. The third-order valence-electron chi connectivity index (χ3n) is 1.93. The van der Waals surface area contributed by atoms with E-state index in [2.05, 4.69) is 4.98 Å². The van der Waals surface area contributed by atoms with Crippen LogP contribution in [0, 0.1) is 0 Å². The van der Waals surface area contributed by atoms with E-state index in [0.717, 1.165) is 0 Å². The summed E-state index contributed by atoms with van der Waals surface area (Å²) in [5.74, 6) is 0.141. The Bertz CT molecular complexity index is 518. The van der Waals surface area contributed by atoms with Gasteiger partial charge in [-0.1, -0.05) is 23.2 Å². The molecule has 0 aliphatic carbocycles. The molecule has 2 rings (SSSR count). The number of hydrogen-bond acceptors (Lipinski definition) is 3. The second kappa shape index (κ2) is 3.96. The number of rotatable bonds is 2. The van der Waals surface area contributed by atoms with E-state index < -0.39 is 0 Å². The minimum atomic E-state index is -0.212. The lowest BCUT2D eigenvalue weighted by Gasteiger charge is -1.98. The van der Waals surface area contributed by atoms with Gasteiger partial charge < -0.3 is 4.57 Å². The Kier molecular flexibility index (Phi) is 2.82. The highest BCUT2D eigenvalue weighted by atomic mass is 35.5. The Hall–Kier alpha value is -0.840. The van der Waals surface area contributed by atoms with Crippen molar-refractivity contribution in [3.05, 3.63) is 38.5 Å². The van der Waals surface area contributed by atoms with Crippen LogP contribution in [-0.2, 0) is 7.05 Å². The van der Waals surface area contributed by atoms with Gasteiger partial charge in [0.25, 0.3) is 0 Å². The van der Waals surface area contributed by atoms with Gasteiger partial charge in [0.05, 0.1) is 9.90 Å². The van der Waals surface area contributed by atoms with E-state index in [1.165, 1.54) is 11.3 Å². The van der Waals surface area contributed by atoms with Crippen molar-refractivity contribution < 1.29 is 4.79 Å². The summed E-state index contributed by atoms with van der Waals surface area (Å²) in [6.07, 6.45) is 3.27. The smallest absolute Gasteiger partial charge is 0.230 e. The van der Waals surface area contributed by atoms with Crippen LogP contribution in [0.2, 0.25) is 8.67 Å². The SMILES string of the molecule is Cn1ccnc1C(=O)c1cc(Cl)sc1Cl. The molecule has 78 valence electrons. The predicted molar refractivity (Wildman–Crippen MR) is 61.0 cm³/mol. The van der Waals surface area contributed by atoms with Crippen LogP contribution in [0.4, 0.5) is 0 Å². The fraction of sp³-hybridized carbons (Fsp3) is 0.111. The highest BCUT2D eigenvalue weighted by molar-refractivity contribution is 7.20. The molecule has 0 saturated heterocycles. The molecular weight excluding hydrogens is 255 g/mol. The fourth-order valence-electron chi connectivity index (χ4n) is 1.20. The van der Waals surface area contributed by atoms with Crippen LogP contribution in [0.1, 0.15) is 16.2 Å². The van der Waals surface area contributed by atoms with E-state index in [4.69, 9.17) is 23.2 Å². The molecule has 0 fully saturated rings. The van der Waals surface area contributed by atoms with E-state index in [1.54, 1.807) is 30.1 Å². The van der Waals surface area contributed by atoms with Gasteiger partial charge in [-0.25, -0.2) is 4.98 Å². The Morgan fingerprint density at radius 1 is 1.53 bits per heavy atom. The van der Waals surface area contributed by atoms with E-state index in [-0.39, 0.29) is 5.78 Å². The summed E-state index contributed by atoms with van der Waals surface area (Å²) in [6, 6.07) is 1.56. The first-order chi connectivity index (χ1) is 7.09. The normalized spacial score (nSPS) is 10.6. The third-order valence-corrected chi connectivity index (χ3v) is 3.41. The average molecular weight is 261 g/mol. The standard InChI is InChI=1S/C9H6Cl2N2OS/c1-13-3-2-12-9(13)7(14)5-4-6(10)15-8(5)11/h2-4H,1H3. The molecule has 0 bridgehead atoms. The summed E-state index contributed by atoms with van der Waals surface area (Å²) in [4.78, 5) is 15.9. The molecule has 0 spiro atoms. The molecule has 2 heterocycles. The van der Waals surface area contributed by atoms with E-state index in [9.17, 15) is 4.79 Å². The number of imidazole rings is 1. The Morgan fingerprint density at radius 3 is 2.73 bits per heavy atom. The quantitative estimate of drug-likeness (QED) is 0.779. The van der Waals surface area contributed by atoms with Crippen molar-refractivity contribution in [3.8, 4) is 0 Å². The molecule has 0 radical (unpaired) electrons. The van der Waals surface area contributed by atoms with Gasteiger partial charge in [0.2, 0.25) is 5.78 Å². The summed E-state index contributed by atoms with van der Waals surface area (Å²) < 4.78 is 2.54. The molecule has 0 aromatic carbocycles. The van der Waals surface area contributed by atoms with Gasteiger partial charge >= 0.3 is 0 Å². The summed E-state index contributed by atoms with van der Waals surface area (Å²) in [6.45, 7) is 0. The Morgan fingerprint density at radius 2 is 2.27 bits per heavy atom. The first-order valence-electron chi connectivity index (χ1n) is 4.06. The van der Waals surface area contributed by atoms with Crippen LogP contribution in [0.25, 0.3) is 0 Å². The number of ketones is 1. The molecule has 2 aromatic rings. The number of aryl methyl sites for hydroxylation is 1. The van der Waals surface area contributed by atoms with Gasteiger partial charge in [-0.05, 0) is 6.07 Å². The van der Waals surface area contributed by atoms with Crippen LogP contribution < -0.4 is 0 Å². The van der Waals surface area contributed by atoms with Crippen LogP contribution >= 0.6 is 34.5 Å². The second-order valence-corrected chi connectivity index (χ2v) is 5.21. The minimum Gasteiger partial charge on any atom is -0.331 e. The van der Waals surface area contributed by atoms with Crippen molar-refractivity contribution in [1.82, 2.24) is 9.55 Å². The van der Waals surface area contributed by atoms with Crippen LogP contribution in [0.15, 0.2) is 18.5 Å². The highest BCUT2D eigenvalue weighted by Gasteiger charge is 2.19. The largest absolute Gasteiger partial charge is 0.331 e. The first kappa shape index (κ1) is 10.7. The zero-order chi connectivity index (χ0) is 11.0. The Balaban J connectivity index is 2.45. The van der Waals surface area contributed by atoms with E-state index in [1.807, 2.05) is 0 Å². The van der Waals surface area contributed by atoms with Crippen molar-refractivity contribution in [3.63, 3.8) is 0 Å². The number of nitrogens with zero attached hydrogens (tertiary/aromatic N) is 2. The van der Waals surface area contributed by atoms with Crippen LogP contribution in [-0.4, -0.2) is 15.3 Å². The minimum absolute atomic E-state index is 0.212. The van der Waals surface area contributed by atoms with Gasteiger partial charge in [-0.3, -0.25) is 4.79 Å². The monoisotopic (exact) mass is 260 g/mol. The maximum Gasteiger partial charge on any atom is 0.230 e. The molecule has 0 N–H and O–H groups in total. The Labute approximate surface area is 100 Å². The molecular formula is C9H6Cl2N2OS. The van der Waals surface area contributed by atoms with Crippen molar-refractivity contribution in [1.29, 1.82) is 0 Å². The van der Waals surface area contributed by atoms with Gasteiger partial charge in [-0.2, -0.15) is 0 Å². The molecule has 3 nitrogen and oxygen atoms in total. The number of carbonyl (C=O) groups is 1. The van der Waals surface area contributed by atoms with Crippen molar-refractivity contribution in [2.75, 3.05) is 0 Å². The summed E-state index contributed by atoms with van der Waals surface area (Å²) in [5.41, 5.74) is 0.404. The molecule has 6 heteroatoms. The molecule has 0 aliphatic rings. The molecule has 15 heavy (non-hydrogen) atoms. The van der Waals surface area contributed by atoms with Gasteiger partial charge in [-0.15, -0.1) is 11.3 Å². The molecule has 0 aliphatic heterocycles. The van der Waals surface area contributed by atoms with E-state index >= 15 is 0 Å². The summed E-state index contributed by atoms with van der Waals surface area (Å²) >= 11 is 12.8. The van der Waals surface area contributed by atoms with Crippen LogP contribution in [0.5, 0.6) is 0 Å². The lowest BCUT2D eigenvalue weighted by Crippen LogP contribution is -2.07. The number of carbonyl (C=O) groups excluding carboxylic acids is 1. The topological polar surface area (TPSA) is 34.9 Å². The first-order valence-corrected chi connectivity index (χ1v) is 5.63. The molecule has 0 unspecified atom stereocenters. The molecule has 2 aromatic heterocycles. The lowest BCUT2D eigenvalue weighted by molar-refractivity contribution is 0.102. The highest BCUT2D eigenvalue weighted by Crippen LogP contribution is 2.32. The summed E-state index contributed by atoms with van der Waals surface area (Å²) in [5, 5.41) is 0. The number of aromatic nitrogens is 2. The van der Waals surface area contributed by atoms with Crippen molar-refractivity contribution in [2.45, 2.75) is 0 Å². The fourth-order valence-corrected chi connectivity index (χ4v) is 2.66. The van der Waals surface area contributed by atoms with Crippen LogP contribution in [0.3, 0.4) is 0 Å². The number of thiophene rings is 1. The van der Waals surface area contributed by atoms with Gasteiger partial charge in [0, 0.05) is 19.4 Å². The zero-order valence-electron chi connectivity index (χ0n) is 7.70. The summed E-state index contributed by atoms with van der Waals surface area (Å²) in [7, 11) is 1.75. The molecule has 0 amide bonds. The van der Waals surface area contributed by atoms with Gasteiger partial charge in [0.1, 0.15) is 4.34 Å². The number of halogens is 2. The molecule has 0 atom stereocenters. The third kappa shape index (κ3) is 1.93. The molecule has 0 saturated carbocycles. The average Bonchev–Trinajstić information content (AvgIpc) is 2.71. The van der Waals surface area contributed by atoms with Gasteiger partial charge in [0.15, 0.2) is 5.82 Å².